The summed E-state index contributed by atoms with van der Waals surface area (Å²) in [6, 6.07) is 5.97. The van der Waals surface area contributed by atoms with Crippen LogP contribution in [-0.2, 0) is 0 Å². The molecule has 2 heterocycles. The molecule has 0 fully saturated rings. The summed E-state index contributed by atoms with van der Waals surface area (Å²) in [6.07, 6.45) is 3.55. The van der Waals surface area contributed by atoms with Crippen molar-refractivity contribution in [3.8, 4) is 10.3 Å². The van der Waals surface area contributed by atoms with Crippen LogP contribution in [0.25, 0.3) is 10.3 Å². The van der Waals surface area contributed by atoms with Crippen LogP contribution in [0.1, 0.15) is 0 Å². The molecule has 2 rings (SSSR count). The van der Waals surface area contributed by atoms with Gasteiger partial charge in [-0.25, -0.2) is 0 Å². The molecule has 0 unspecified atom stereocenters. The molecule has 2 aromatic rings. The Balaban J connectivity index is 2.46. The normalized spacial score (nSPS) is 9.82. The van der Waals surface area contributed by atoms with Crippen LogP contribution in [0.2, 0.25) is 0 Å². The topological polar surface area (TPSA) is 25.8 Å². The Labute approximate surface area is 70.7 Å². The molecule has 0 amide bonds. The van der Waals surface area contributed by atoms with E-state index in [1.807, 2.05) is 6.07 Å². The molecule has 0 atom stereocenters. The molecule has 0 radical (unpaired) electrons. The van der Waals surface area contributed by atoms with Crippen molar-refractivity contribution in [1.29, 1.82) is 0 Å². The van der Waals surface area contributed by atoms with E-state index in [9.17, 15) is 0 Å². The SMILES string of the molecule is c1cnc(-c2ccc[se]2)nc1. The summed E-state index contributed by atoms with van der Waals surface area (Å²) >= 11 is 0.446. The summed E-state index contributed by atoms with van der Waals surface area (Å²) in [6.45, 7) is 0. The summed E-state index contributed by atoms with van der Waals surface area (Å²) in [5.74, 6) is 0.873. The van der Waals surface area contributed by atoms with Gasteiger partial charge in [0.25, 0.3) is 0 Å². The second kappa shape index (κ2) is 2.99. The molecule has 54 valence electrons. The van der Waals surface area contributed by atoms with Crippen molar-refractivity contribution in [2.75, 3.05) is 0 Å². The van der Waals surface area contributed by atoms with Crippen LogP contribution >= 0.6 is 0 Å². The molecule has 0 aliphatic heterocycles. The fraction of sp³-hybridized carbons (Fsp3) is 0. The molecule has 2 nitrogen and oxygen atoms in total. The zero-order chi connectivity index (χ0) is 7.52. The summed E-state index contributed by atoms with van der Waals surface area (Å²) in [4.78, 5) is 10.5. The van der Waals surface area contributed by atoms with Crippen LogP contribution in [0, 0.1) is 0 Å². The third-order valence-electron chi connectivity index (χ3n) is 1.31. The average Bonchev–Trinajstić information content (AvgIpc) is 2.58. The molecule has 11 heavy (non-hydrogen) atoms. The van der Waals surface area contributed by atoms with Gasteiger partial charge in [0, 0.05) is 0 Å². The van der Waals surface area contributed by atoms with Crippen LogP contribution < -0.4 is 0 Å². The third kappa shape index (κ3) is 1.39. The quantitative estimate of drug-likeness (QED) is 0.659. The van der Waals surface area contributed by atoms with E-state index in [2.05, 4.69) is 27.0 Å². The molecule has 0 saturated heterocycles. The van der Waals surface area contributed by atoms with Crippen LogP contribution in [0.3, 0.4) is 0 Å². The standard InChI is InChI=1S/C8H6N2Se/c1-3-7(11-6-1)8-9-4-2-5-10-8/h1-6H. The monoisotopic (exact) mass is 210 g/mol. The first-order valence-corrected chi connectivity index (χ1v) is 5.12. The number of aromatic nitrogens is 2. The van der Waals surface area contributed by atoms with E-state index in [1.54, 1.807) is 12.4 Å². The van der Waals surface area contributed by atoms with Crippen LogP contribution in [-0.4, -0.2) is 24.5 Å². The second-order valence-corrected chi connectivity index (χ2v) is 4.04. The predicted octanol–water partition coefficient (Wildman–Crippen LogP) is 1.20. The van der Waals surface area contributed by atoms with E-state index in [-0.39, 0.29) is 0 Å². The fourth-order valence-electron chi connectivity index (χ4n) is 0.832. The molecule has 0 bridgehead atoms. The van der Waals surface area contributed by atoms with Gasteiger partial charge in [0.1, 0.15) is 0 Å². The molecule has 0 saturated carbocycles. The molecule has 0 N–H and O–H groups in total. The average molecular weight is 209 g/mol. The first kappa shape index (κ1) is 6.77. The maximum absolute atomic E-state index is 4.16. The second-order valence-electron chi connectivity index (χ2n) is 2.05. The van der Waals surface area contributed by atoms with Crippen LogP contribution in [0.5, 0.6) is 0 Å². The Bertz CT molecular complexity index is 315. The minimum absolute atomic E-state index is 0.446. The fourth-order valence-corrected chi connectivity index (χ4v) is 2.24. The van der Waals surface area contributed by atoms with E-state index in [4.69, 9.17) is 0 Å². The van der Waals surface area contributed by atoms with Gasteiger partial charge in [0.15, 0.2) is 0 Å². The van der Waals surface area contributed by atoms with Crippen molar-refractivity contribution >= 4 is 14.5 Å². The van der Waals surface area contributed by atoms with Gasteiger partial charge < -0.3 is 0 Å². The van der Waals surface area contributed by atoms with E-state index in [1.165, 1.54) is 4.44 Å². The van der Waals surface area contributed by atoms with Crippen molar-refractivity contribution in [3.05, 3.63) is 35.5 Å². The number of rotatable bonds is 1. The molecular formula is C8H6N2Se. The summed E-state index contributed by atoms with van der Waals surface area (Å²) in [5, 5.41) is 0. The molecule has 0 aromatic carbocycles. The van der Waals surface area contributed by atoms with Gasteiger partial charge >= 0.3 is 70.3 Å². The van der Waals surface area contributed by atoms with Crippen molar-refractivity contribution in [1.82, 2.24) is 9.97 Å². The minimum atomic E-state index is 0.446. The van der Waals surface area contributed by atoms with Gasteiger partial charge in [0.2, 0.25) is 0 Å². The molecule has 0 aliphatic carbocycles. The van der Waals surface area contributed by atoms with Gasteiger partial charge in [-0.3, -0.25) is 0 Å². The Hall–Kier alpha value is -0.921. The summed E-state index contributed by atoms with van der Waals surface area (Å²) in [5.41, 5.74) is 0. The molecular weight excluding hydrogens is 203 g/mol. The first-order chi connectivity index (χ1) is 5.47. The van der Waals surface area contributed by atoms with Crippen molar-refractivity contribution in [2.45, 2.75) is 0 Å². The Morgan fingerprint density at radius 3 is 2.55 bits per heavy atom. The summed E-state index contributed by atoms with van der Waals surface area (Å²) in [7, 11) is 0. The molecule has 2 aromatic heterocycles. The van der Waals surface area contributed by atoms with E-state index >= 15 is 0 Å². The van der Waals surface area contributed by atoms with E-state index < -0.39 is 0 Å². The van der Waals surface area contributed by atoms with Gasteiger partial charge in [-0.1, -0.05) is 0 Å². The van der Waals surface area contributed by atoms with Gasteiger partial charge in [-0.05, 0) is 0 Å². The zero-order valence-corrected chi connectivity index (χ0v) is 7.48. The van der Waals surface area contributed by atoms with Crippen LogP contribution in [0.4, 0.5) is 0 Å². The van der Waals surface area contributed by atoms with Gasteiger partial charge in [0.05, 0.1) is 0 Å². The number of hydrogen-bond donors (Lipinski definition) is 0. The van der Waals surface area contributed by atoms with Crippen LogP contribution in [0.15, 0.2) is 35.5 Å². The zero-order valence-electron chi connectivity index (χ0n) is 5.77. The van der Waals surface area contributed by atoms with Crippen molar-refractivity contribution in [3.63, 3.8) is 0 Å². The van der Waals surface area contributed by atoms with Gasteiger partial charge in [-0.2, -0.15) is 0 Å². The van der Waals surface area contributed by atoms with E-state index in [0.717, 1.165) is 5.82 Å². The molecule has 0 spiro atoms. The molecule has 0 aliphatic rings. The Morgan fingerprint density at radius 1 is 1.09 bits per heavy atom. The van der Waals surface area contributed by atoms with Gasteiger partial charge in [-0.15, -0.1) is 0 Å². The first-order valence-electron chi connectivity index (χ1n) is 3.28. The van der Waals surface area contributed by atoms with Crippen molar-refractivity contribution in [2.24, 2.45) is 0 Å². The maximum atomic E-state index is 4.16. The predicted molar refractivity (Wildman–Crippen MR) is 44.4 cm³/mol. The third-order valence-corrected chi connectivity index (χ3v) is 3.12. The number of hydrogen-bond acceptors (Lipinski definition) is 2. The number of nitrogens with zero attached hydrogens (tertiary/aromatic N) is 2. The van der Waals surface area contributed by atoms with E-state index in [0.29, 0.717) is 14.5 Å². The van der Waals surface area contributed by atoms with Crippen molar-refractivity contribution < 1.29 is 0 Å². The Kier molecular flexibility index (Phi) is 1.84. The Morgan fingerprint density at radius 2 is 1.91 bits per heavy atom. The summed E-state index contributed by atoms with van der Waals surface area (Å²) < 4.78 is 1.26. The molecule has 3 heteroatoms.